The van der Waals surface area contributed by atoms with Crippen LogP contribution in [0.2, 0.25) is 0 Å². The van der Waals surface area contributed by atoms with Crippen molar-refractivity contribution in [3.63, 3.8) is 0 Å². The molecule has 176 valence electrons. The quantitative estimate of drug-likeness (QED) is 0.513. The first-order valence-electron chi connectivity index (χ1n) is 11.3. The van der Waals surface area contributed by atoms with Gasteiger partial charge in [-0.05, 0) is 18.9 Å². The number of methoxy groups -OCH3 is 1. The molecule has 2 aliphatic rings. The second-order valence-electron chi connectivity index (χ2n) is 8.85. The molecular weight excluding hydrogens is 428 g/mol. The van der Waals surface area contributed by atoms with E-state index in [0.717, 1.165) is 39.1 Å². The first-order chi connectivity index (χ1) is 15.4. The fourth-order valence-electron chi connectivity index (χ4n) is 4.56. The number of nitrogens with zero attached hydrogens (tertiary/aromatic N) is 6. The topological polar surface area (TPSA) is 83.8 Å². The molecule has 0 saturated carbocycles. The van der Waals surface area contributed by atoms with Crippen molar-refractivity contribution in [2.45, 2.75) is 39.0 Å². The molecule has 2 aliphatic heterocycles. The predicted molar refractivity (Wildman–Crippen MR) is 123 cm³/mol. The number of aryl methyl sites for hydroxylation is 2. The monoisotopic (exact) mass is 462 g/mol. The van der Waals surface area contributed by atoms with Crippen LogP contribution in [0.4, 0.5) is 0 Å². The fraction of sp³-hybridized carbons (Fsp3) is 0.636. The lowest BCUT2D eigenvalue weighted by Gasteiger charge is -2.37. The summed E-state index contributed by atoms with van der Waals surface area (Å²) in [6.07, 6.45) is 2.68. The summed E-state index contributed by atoms with van der Waals surface area (Å²) >= 11 is 0. The van der Waals surface area contributed by atoms with Crippen molar-refractivity contribution < 1.29 is 13.2 Å². The Morgan fingerprint density at radius 2 is 1.97 bits per heavy atom. The maximum Gasteiger partial charge on any atom is 0.216 e. The molecule has 10 heteroatoms. The van der Waals surface area contributed by atoms with E-state index in [1.807, 2.05) is 6.20 Å². The summed E-state index contributed by atoms with van der Waals surface area (Å²) in [7, 11) is -1.61. The Bertz CT molecular complexity index is 987. The Labute approximate surface area is 191 Å². The molecule has 1 unspecified atom stereocenters. The van der Waals surface area contributed by atoms with Crippen LogP contribution in [0.5, 0.6) is 0 Å². The summed E-state index contributed by atoms with van der Waals surface area (Å²) in [5.74, 6) is 0.187. The number of hydrogen-bond acceptors (Lipinski definition) is 7. The van der Waals surface area contributed by atoms with Crippen LogP contribution in [-0.4, -0.2) is 95.8 Å². The van der Waals surface area contributed by atoms with Crippen molar-refractivity contribution in [1.29, 1.82) is 0 Å². The summed E-state index contributed by atoms with van der Waals surface area (Å²) in [6.45, 7) is 8.97. The number of ether oxygens (including phenoxy) is 1. The molecule has 2 fully saturated rings. The van der Waals surface area contributed by atoms with Gasteiger partial charge in [0.15, 0.2) is 0 Å². The van der Waals surface area contributed by atoms with Crippen LogP contribution in [0.15, 0.2) is 30.5 Å². The zero-order chi connectivity index (χ0) is 22.6. The van der Waals surface area contributed by atoms with Crippen LogP contribution in [0.1, 0.15) is 23.2 Å². The molecule has 1 aromatic heterocycles. The maximum atomic E-state index is 12.8. The molecule has 0 amide bonds. The average Bonchev–Trinajstić information content (AvgIpc) is 3.33. The number of benzene rings is 1. The Kier molecular flexibility index (Phi) is 7.57. The van der Waals surface area contributed by atoms with Crippen molar-refractivity contribution >= 4 is 10.0 Å². The third-order valence-electron chi connectivity index (χ3n) is 6.28. The van der Waals surface area contributed by atoms with E-state index < -0.39 is 10.0 Å². The SMILES string of the molecule is COCCCn1cc(CN2CC(N3CCN(Cc4cccc(C)c4)CC3)CS2(=O)=O)nn1. The van der Waals surface area contributed by atoms with Crippen molar-refractivity contribution in [3.05, 3.63) is 47.3 Å². The molecule has 32 heavy (non-hydrogen) atoms. The van der Waals surface area contributed by atoms with E-state index in [1.54, 1.807) is 16.1 Å². The minimum Gasteiger partial charge on any atom is -0.385 e. The van der Waals surface area contributed by atoms with E-state index in [4.69, 9.17) is 4.74 Å². The third kappa shape index (κ3) is 5.93. The molecule has 2 saturated heterocycles. The van der Waals surface area contributed by atoms with Crippen LogP contribution in [0.3, 0.4) is 0 Å². The van der Waals surface area contributed by atoms with Gasteiger partial charge in [0.25, 0.3) is 0 Å². The van der Waals surface area contributed by atoms with E-state index in [-0.39, 0.29) is 18.3 Å². The van der Waals surface area contributed by atoms with E-state index in [2.05, 4.69) is 51.3 Å². The lowest BCUT2D eigenvalue weighted by Crippen LogP contribution is -2.51. The van der Waals surface area contributed by atoms with Gasteiger partial charge in [-0.3, -0.25) is 14.5 Å². The number of rotatable bonds is 9. The van der Waals surface area contributed by atoms with Gasteiger partial charge in [0.1, 0.15) is 0 Å². The molecule has 1 atom stereocenters. The van der Waals surface area contributed by atoms with Crippen LogP contribution in [-0.2, 0) is 34.4 Å². The van der Waals surface area contributed by atoms with Gasteiger partial charge in [0.2, 0.25) is 10.0 Å². The highest BCUT2D eigenvalue weighted by molar-refractivity contribution is 7.89. The second kappa shape index (κ2) is 10.4. The largest absolute Gasteiger partial charge is 0.385 e. The smallest absolute Gasteiger partial charge is 0.216 e. The van der Waals surface area contributed by atoms with Crippen molar-refractivity contribution in [2.75, 3.05) is 52.2 Å². The standard InChI is InChI=1S/C22H34N6O3S/c1-19-5-3-6-20(13-19)14-25-8-10-26(11-9-25)22-17-28(32(29,30)18-22)16-21-15-27(24-23-21)7-4-12-31-2/h3,5-6,13,15,22H,4,7-12,14,16-18H2,1-2H3. The second-order valence-corrected chi connectivity index (χ2v) is 10.9. The summed E-state index contributed by atoms with van der Waals surface area (Å²) in [6, 6.07) is 8.68. The highest BCUT2D eigenvalue weighted by Gasteiger charge is 2.40. The van der Waals surface area contributed by atoms with E-state index in [0.29, 0.717) is 25.4 Å². The average molecular weight is 463 g/mol. The highest BCUT2D eigenvalue weighted by atomic mass is 32.2. The molecule has 4 rings (SSSR count). The van der Waals surface area contributed by atoms with Crippen LogP contribution < -0.4 is 0 Å². The van der Waals surface area contributed by atoms with Crippen LogP contribution in [0.25, 0.3) is 0 Å². The summed E-state index contributed by atoms with van der Waals surface area (Å²) in [5.41, 5.74) is 3.31. The minimum atomic E-state index is -3.28. The molecule has 1 aromatic carbocycles. The molecule has 0 spiro atoms. The van der Waals surface area contributed by atoms with Gasteiger partial charge in [-0.2, -0.15) is 4.31 Å². The van der Waals surface area contributed by atoms with E-state index in [9.17, 15) is 8.42 Å². The predicted octanol–water partition coefficient (Wildman–Crippen LogP) is 0.955. The minimum absolute atomic E-state index is 0.0397. The van der Waals surface area contributed by atoms with Crippen LogP contribution >= 0.6 is 0 Å². The molecule has 0 aliphatic carbocycles. The van der Waals surface area contributed by atoms with Gasteiger partial charge >= 0.3 is 0 Å². The Morgan fingerprint density at radius 1 is 1.16 bits per heavy atom. The van der Waals surface area contributed by atoms with E-state index >= 15 is 0 Å². The summed E-state index contributed by atoms with van der Waals surface area (Å²) in [4.78, 5) is 4.79. The Balaban J connectivity index is 1.28. The third-order valence-corrected chi connectivity index (χ3v) is 8.15. The molecule has 2 aromatic rings. The maximum absolute atomic E-state index is 12.8. The number of aromatic nitrogens is 3. The number of sulfonamides is 1. The first kappa shape index (κ1) is 23.3. The lowest BCUT2D eigenvalue weighted by atomic mass is 10.1. The van der Waals surface area contributed by atoms with Gasteiger partial charge in [-0.15, -0.1) is 5.10 Å². The fourth-order valence-corrected chi connectivity index (χ4v) is 6.30. The number of hydrogen-bond donors (Lipinski definition) is 0. The summed E-state index contributed by atoms with van der Waals surface area (Å²) < 4.78 is 34.0. The zero-order valence-electron chi connectivity index (χ0n) is 19.1. The zero-order valence-corrected chi connectivity index (χ0v) is 19.9. The number of piperazine rings is 1. The highest BCUT2D eigenvalue weighted by Crippen LogP contribution is 2.22. The van der Waals surface area contributed by atoms with Crippen LogP contribution in [0, 0.1) is 6.92 Å². The van der Waals surface area contributed by atoms with Gasteiger partial charge in [-0.1, -0.05) is 35.0 Å². The Hall–Kier alpha value is -1.85. The molecule has 9 nitrogen and oxygen atoms in total. The Morgan fingerprint density at radius 3 is 2.72 bits per heavy atom. The molecule has 3 heterocycles. The van der Waals surface area contributed by atoms with E-state index in [1.165, 1.54) is 11.1 Å². The summed E-state index contributed by atoms with van der Waals surface area (Å²) in [5, 5.41) is 8.27. The van der Waals surface area contributed by atoms with Gasteiger partial charge in [0, 0.05) is 71.8 Å². The van der Waals surface area contributed by atoms with Gasteiger partial charge in [0.05, 0.1) is 18.0 Å². The van der Waals surface area contributed by atoms with Crippen molar-refractivity contribution in [3.8, 4) is 0 Å². The molecular formula is C22H34N6O3S. The van der Waals surface area contributed by atoms with Crippen molar-refractivity contribution in [2.24, 2.45) is 0 Å². The van der Waals surface area contributed by atoms with Gasteiger partial charge < -0.3 is 4.74 Å². The molecule has 0 radical (unpaired) electrons. The first-order valence-corrected chi connectivity index (χ1v) is 12.9. The lowest BCUT2D eigenvalue weighted by molar-refractivity contribution is 0.0966. The normalized spacial score (nSPS) is 22.5. The van der Waals surface area contributed by atoms with Crippen molar-refractivity contribution in [1.82, 2.24) is 29.1 Å². The molecule has 0 N–H and O–H groups in total. The van der Waals surface area contributed by atoms with Gasteiger partial charge in [-0.25, -0.2) is 8.42 Å². The molecule has 0 bridgehead atoms.